The molecule has 1 aromatic rings. The summed E-state index contributed by atoms with van der Waals surface area (Å²) < 4.78 is 11.2. The first-order valence-electron chi connectivity index (χ1n) is 5.55. The van der Waals surface area contributed by atoms with Crippen molar-refractivity contribution in [3.05, 3.63) is 22.7 Å². The van der Waals surface area contributed by atoms with Crippen LogP contribution in [0.3, 0.4) is 0 Å². The van der Waals surface area contributed by atoms with Crippen molar-refractivity contribution >= 4 is 27.7 Å². The number of hydrogen-bond donors (Lipinski definition) is 0. The number of halogens is 1. The molecule has 0 atom stereocenters. The van der Waals surface area contributed by atoms with Gasteiger partial charge in [-0.3, -0.25) is 4.90 Å². The number of rotatable bonds is 2. The van der Waals surface area contributed by atoms with Crippen LogP contribution in [0.2, 0.25) is 0 Å². The highest BCUT2D eigenvalue weighted by molar-refractivity contribution is 9.10. The van der Waals surface area contributed by atoms with E-state index in [4.69, 9.17) is 9.47 Å². The summed E-state index contributed by atoms with van der Waals surface area (Å²) in [5.41, 5.74) is 0.181. The lowest BCUT2D eigenvalue weighted by Gasteiger charge is -2.25. The van der Waals surface area contributed by atoms with E-state index in [9.17, 15) is 4.79 Å². The highest BCUT2D eigenvalue weighted by Crippen LogP contribution is 2.34. The Balaban J connectivity index is 2.97. The van der Waals surface area contributed by atoms with Crippen LogP contribution in [-0.4, -0.2) is 25.9 Å². The Kier molecular flexibility index (Phi) is 4.62. The first-order valence-corrected chi connectivity index (χ1v) is 6.35. The molecule has 0 fully saturated rings. The van der Waals surface area contributed by atoms with Gasteiger partial charge in [0.2, 0.25) is 0 Å². The molecule has 5 heteroatoms. The summed E-state index contributed by atoms with van der Waals surface area (Å²) in [6.07, 6.45) is -0.406. The van der Waals surface area contributed by atoms with Gasteiger partial charge in [-0.1, -0.05) is 6.07 Å². The molecule has 0 aliphatic rings. The quantitative estimate of drug-likeness (QED) is 0.832. The van der Waals surface area contributed by atoms with Crippen LogP contribution in [0, 0.1) is 0 Å². The fourth-order valence-corrected chi connectivity index (χ4v) is 2.04. The van der Waals surface area contributed by atoms with Crippen molar-refractivity contribution < 1.29 is 14.3 Å². The first kappa shape index (κ1) is 14.8. The van der Waals surface area contributed by atoms with E-state index in [-0.39, 0.29) is 0 Å². The second-order valence-corrected chi connectivity index (χ2v) is 5.63. The third-order valence-corrected chi connectivity index (χ3v) is 2.99. The molecule has 1 amide bonds. The Morgan fingerprint density at radius 2 is 1.94 bits per heavy atom. The van der Waals surface area contributed by atoms with Crippen LogP contribution in [-0.2, 0) is 4.74 Å². The van der Waals surface area contributed by atoms with Crippen molar-refractivity contribution in [2.75, 3.05) is 19.1 Å². The van der Waals surface area contributed by atoms with Gasteiger partial charge in [0, 0.05) is 7.05 Å². The van der Waals surface area contributed by atoms with Crippen LogP contribution in [0.4, 0.5) is 10.5 Å². The van der Waals surface area contributed by atoms with E-state index < -0.39 is 11.7 Å². The number of benzene rings is 1. The van der Waals surface area contributed by atoms with Gasteiger partial charge in [0.05, 0.1) is 17.3 Å². The molecule has 0 aliphatic carbocycles. The van der Waals surface area contributed by atoms with E-state index in [2.05, 4.69) is 15.9 Å². The highest BCUT2D eigenvalue weighted by atomic mass is 79.9. The van der Waals surface area contributed by atoms with E-state index in [0.717, 1.165) is 4.47 Å². The number of carbonyl (C=O) groups excluding carboxylic acids is 1. The summed E-state index contributed by atoms with van der Waals surface area (Å²) >= 11 is 3.42. The van der Waals surface area contributed by atoms with E-state index in [1.165, 1.54) is 4.90 Å². The number of hydrogen-bond acceptors (Lipinski definition) is 3. The molecule has 1 rings (SSSR count). The number of nitrogens with zero attached hydrogens (tertiary/aromatic N) is 1. The zero-order valence-corrected chi connectivity index (χ0v) is 12.9. The predicted octanol–water partition coefficient (Wildman–Crippen LogP) is 3.83. The van der Waals surface area contributed by atoms with Crippen LogP contribution in [0.15, 0.2) is 22.7 Å². The summed E-state index contributed by atoms with van der Waals surface area (Å²) in [4.78, 5) is 13.4. The smallest absolute Gasteiger partial charge is 0.414 e. The Hall–Kier alpha value is -1.23. The van der Waals surface area contributed by atoms with E-state index >= 15 is 0 Å². The van der Waals surface area contributed by atoms with E-state index in [0.29, 0.717) is 11.4 Å². The van der Waals surface area contributed by atoms with Gasteiger partial charge >= 0.3 is 6.09 Å². The zero-order chi connectivity index (χ0) is 13.9. The van der Waals surface area contributed by atoms with Crippen LogP contribution in [0.1, 0.15) is 20.8 Å². The average Bonchev–Trinajstić information content (AvgIpc) is 2.26. The molecule has 0 aromatic heterocycles. The second kappa shape index (κ2) is 5.61. The largest absolute Gasteiger partial charge is 0.495 e. The molecule has 0 radical (unpaired) electrons. The minimum Gasteiger partial charge on any atom is -0.495 e. The molecule has 0 saturated carbocycles. The summed E-state index contributed by atoms with van der Waals surface area (Å²) in [6, 6.07) is 5.45. The fraction of sp³-hybridized carbons (Fsp3) is 0.462. The molecule has 18 heavy (non-hydrogen) atoms. The van der Waals surface area contributed by atoms with Gasteiger partial charge in [0.15, 0.2) is 0 Å². The monoisotopic (exact) mass is 315 g/mol. The van der Waals surface area contributed by atoms with Gasteiger partial charge in [0.1, 0.15) is 11.4 Å². The van der Waals surface area contributed by atoms with Crippen molar-refractivity contribution in [1.82, 2.24) is 0 Å². The van der Waals surface area contributed by atoms with Gasteiger partial charge in [0.25, 0.3) is 0 Å². The van der Waals surface area contributed by atoms with Gasteiger partial charge in [-0.2, -0.15) is 0 Å². The minimum absolute atomic E-state index is 0.406. The summed E-state index contributed by atoms with van der Waals surface area (Å²) in [5, 5.41) is 0. The van der Waals surface area contributed by atoms with Gasteiger partial charge in [-0.15, -0.1) is 0 Å². The van der Waals surface area contributed by atoms with Crippen molar-refractivity contribution in [3.63, 3.8) is 0 Å². The summed E-state index contributed by atoms with van der Waals surface area (Å²) in [5.74, 6) is 0.669. The lowest BCUT2D eigenvalue weighted by molar-refractivity contribution is 0.0589. The molecule has 0 N–H and O–H groups in total. The standard InChI is InChI=1S/C13H18BrNO3/c1-13(2,3)18-12(16)15(4)9-7-6-8-10(17-5)11(9)14/h6-8H,1-5H3. The lowest BCUT2D eigenvalue weighted by atomic mass is 10.2. The number of methoxy groups -OCH3 is 1. The fourth-order valence-electron chi connectivity index (χ4n) is 1.34. The predicted molar refractivity (Wildman–Crippen MR) is 75.3 cm³/mol. The molecule has 100 valence electrons. The SMILES string of the molecule is COc1cccc(N(C)C(=O)OC(C)(C)C)c1Br. The van der Waals surface area contributed by atoms with Crippen LogP contribution in [0.5, 0.6) is 5.75 Å². The molecule has 0 saturated heterocycles. The van der Waals surface area contributed by atoms with Crippen LogP contribution >= 0.6 is 15.9 Å². The molecule has 0 unspecified atom stereocenters. The molecule has 0 heterocycles. The molecule has 0 aliphatic heterocycles. The Morgan fingerprint density at radius 1 is 1.33 bits per heavy atom. The maximum absolute atomic E-state index is 12.0. The molecule has 4 nitrogen and oxygen atoms in total. The van der Waals surface area contributed by atoms with Gasteiger partial charge < -0.3 is 9.47 Å². The van der Waals surface area contributed by atoms with Crippen molar-refractivity contribution in [1.29, 1.82) is 0 Å². The molecular weight excluding hydrogens is 298 g/mol. The number of carbonyl (C=O) groups is 1. The van der Waals surface area contributed by atoms with Gasteiger partial charge in [-0.25, -0.2) is 4.79 Å². The Bertz CT molecular complexity index is 440. The molecule has 1 aromatic carbocycles. The summed E-state index contributed by atoms with van der Waals surface area (Å²) in [6.45, 7) is 5.50. The molecule has 0 bridgehead atoms. The maximum atomic E-state index is 12.0. The zero-order valence-electron chi connectivity index (χ0n) is 11.3. The third kappa shape index (κ3) is 3.63. The topological polar surface area (TPSA) is 38.8 Å². The van der Waals surface area contributed by atoms with E-state index in [1.54, 1.807) is 14.2 Å². The van der Waals surface area contributed by atoms with Crippen LogP contribution in [0.25, 0.3) is 0 Å². The summed E-state index contributed by atoms with van der Waals surface area (Å²) in [7, 11) is 3.24. The second-order valence-electron chi connectivity index (χ2n) is 4.83. The minimum atomic E-state index is -0.517. The Labute approximate surface area is 116 Å². The number of amides is 1. The first-order chi connectivity index (χ1) is 8.26. The molecular formula is C13H18BrNO3. The van der Waals surface area contributed by atoms with Crippen LogP contribution < -0.4 is 9.64 Å². The highest BCUT2D eigenvalue weighted by Gasteiger charge is 2.22. The molecule has 0 spiro atoms. The number of ether oxygens (including phenoxy) is 2. The van der Waals surface area contributed by atoms with Crippen molar-refractivity contribution in [2.24, 2.45) is 0 Å². The number of anilines is 1. The maximum Gasteiger partial charge on any atom is 0.414 e. The normalized spacial score (nSPS) is 11.0. The average molecular weight is 316 g/mol. The Morgan fingerprint density at radius 3 is 2.44 bits per heavy atom. The third-order valence-electron chi connectivity index (χ3n) is 2.19. The van der Waals surface area contributed by atoms with Crippen molar-refractivity contribution in [3.8, 4) is 5.75 Å². The lowest BCUT2D eigenvalue weighted by Crippen LogP contribution is -2.34. The van der Waals surface area contributed by atoms with Gasteiger partial charge in [-0.05, 0) is 48.8 Å². The van der Waals surface area contributed by atoms with E-state index in [1.807, 2.05) is 39.0 Å². The van der Waals surface area contributed by atoms with Crippen molar-refractivity contribution in [2.45, 2.75) is 26.4 Å².